The fraction of sp³-hybridized carbons (Fsp3) is 0.273. The van der Waals surface area contributed by atoms with E-state index in [1.807, 2.05) is 30.3 Å². The minimum absolute atomic E-state index is 0.216. The Morgan fingerprint density at radius 3 is 2.43 bits per heavy atom. The minimum Gasteiger partial charge on any atom is -0.264 e. The molecule has 14 heavy (non-hydrogen) atoms. The molecular formula is C11H13NO2. The maximum absolute atomic E-state index is 10.6. The summed E-state index contributed by atoms with van der Waals surface area (Å²) in [6.07, 6.45) is 1.63. The van der Waals surface area contributed by atoms with Gasteiger partial charge in [-0.05, 0) is 5.56 Å². The van der Waals surface area contributed by atoms with Gasteiger partial charge >= 0.3 is 0 Å². The summed E-state index contributed by atoms with van der Waals surface area (Å²) in [6.45, 7) is 5.23. The molecule has 3 heteroatoms. The Kier molecular flexibility index (Phi) is 3.40. The lowest BCUT2D eigenvalue weighted by Crippen LogP contribution is -2.22. The van der Waals surface area contributed by atoms with Crippen LogP contribution in [0.1, 0.15) is 18.4 Å². The molecule has 0 unspecified atom stereocenters. The first-order chi connectivity index (χ1) is 6.66. The second kappa shape index (κ2) is 4.56. The molecule has 0 spiro atoms. The van der Waals surface area contributed by atoms with Crippen molar-refractivity contribution in [2.24, 2.45) is 0 Å². The Hall–Kier alpha value is -1.64. The van der Waals surface area contributed by atoms with Crippen molar-refractivity contribution >= 4 is 0 Å². The molecule has 0 N–H and O–H groups in total. The number of benzene rings is 1. The largest absolute Gasteiger partial charge is 0.264 e. The molecule has 74 valence electrons. The second-order valence-electron chi connectivity index (χ2n) is 3.20. The monoisotopic (exact) mass is 191 g/mol. The van der Waals surface area contributed by atoms with E-state index in [0.717, 1.165) is 5.56 Å². The summed E-state index contributed by atoms with van der Waals surface area (Å²) in [6, 6.07) is 8.77. The Labute approximate surface area is 83.2 Å². The molecule has 1 aromatic carbocycles. The molecule has 1 aromatic rings. The molecule has 0 aliphatic carbocycles. The van der Waals surface area contributed by atoms with Crippen LogP contribution in [0.3, 0.4) is 0 Å². The molecule has 0 fully saturated rings. The number of hydrogen-bond acceptors (Lipinski definition) is 2. The smallest absolute Gasteiger partial charge is 0.220 e. The van der Waals surface area contributed by atoms with Crippen LogP contribution in [0.4, 0.5) is 0 Å². The minimum atomic E-state index is -0.630. The standard InChI is InChI=1S/C11H13NO2/c1-3-11(9(2)12(13)14)10-7-5-4-6-8-10/h3-9,11H,1H2,2H3/t9-,11+/m1/s1. The number of hydrogen-bond donors (Lipinski definition) is 0. The fourth-order valence-corrected chi connectivity index (χ4v) is 1.42. The highest BCUT2D eigenvalue weighted by molar-refractivity contribution is 5.24. The van der Waals surface area contributed by atoms with Crippen molar-refractivity contribution < 1.29 is 4.92 Å². The Balaban J connectivity index is 2.93. The van der Waals surface area contributed by atoms with E-state index in [0.29, 0.717) is 0 Å². The van der Waals surface area contributed by atoms with E-state index >= 15 is 0 Å². The van der Waals surface area contributed by atoms with E-state index in [4.69, 9.17) is 0 Å². The molecular weight excluding hydrogens is 178 g/mol. The molecule has 0 saturated heterocycles. The average molecular weight is 191 g/mol. The predicted octanol–water partition coefficient (Wildman–Crippen LogP) is 2.62. The van der Waals surface area contributed by atoms with Gasteiger partial charge in [0, 0.05) is 11.8 Å². The third kappa shape index (κ3) is 2.19. The van der Waals surface area contributed by atoms with E-state index in [9.17, 15) is 10.1 Å². The topological polar surface area (TPSA) is 43.1 Å². The molecule has 0 bridgehead atoms. The van der Waals surface area contributed by atoms with Crippen molar-refractivity contribution in [2.75, 3.05) is 0 Å². The van der Waals surface area contributed by atoms with Crippen LogP contribution in [0.25, 0.3) is 0 Å². The van der Waals surface area contributed by atoms with Crippen molar-refractivity contribution in [3.8, 4) is 0 Å². The van der Waals surface area contributed by atoms with Crippen LogP contribution in [-0.4, -0.2) is 11.0 Å². The first kappa shape index (κ1) is 10.4. The summed E-state index contributed by atoms with van der Waals surface area (Å²) in [4.78, 5) is 10.4. The van der Waals surface area contributed by atoms with E-state index in [1.54, 1.807) is 13.0 Å². The third-order valence-corrected chi connectivity index (χ3v) is 2.29. The quantitative estimate of drug-likeness (QED) is 0.417. The molecule has 3 nitrogen and oxygen atoms in total. The molecule has 1 rings (SSSR count). The van der Waals surface area contributed by atoms with Gasteiger partial charge < -0.3 is 0 Å². The first-order valence-electron chi connectivity index (χ1n) is 4.47. The molecule has 0 aliphatic rings. The van der Waals surface area contributed by atoms with Crippen LogP contribution in [0, 0.1) is 10.1 Å². The number of nitro groups is 1. The zero-order chi connectivity index (χ0) is 10.6. The predicted molar refractivity (Wildman–Crippen MR) is 55.8 cm³/mol. The highest BCUT2D eigenvalue weighted by Crippen LogP contribution is 2.21. The maximum atomic E-state index is 10.6. The molecule has 0 amide bonds. The zero-order valence-electron chi connectivity index (χ0n) is 8.09. The van der Waals surface area contributed by atoms with Crippen molar-refractivity contribution in [1.29, 1.82) is 0 Å². The summed E-state index contributed by atoms with van der Waals surface area (Å²) in [5.41, 5.74) is 0.937. The number of nitrogens with zero attached hydrogens (tertiary/aromatic N) is 1. The average Bonchev–Trinajstić information content (AvgIpc) is 2.20. The molecule has 0 radical (unpaired) electrons. The van der Waals surface area contributed by atoms with Crippen molar-refractivity contribution in [3.63, 3.8) is 0 Å². The van der Waals surface area contributed by atoms with Gasteiger partial charge in [-0.2, -0.15) is 0 Å². The highest BCUT2D eigenvalue weighted by atomic mass is 16.6. The zero-order valence-corrected chi connectivity index (χ0v) is 8.09. The van der Waals surface area contributed by atoms with Gasteiger partial charge in [-0.3, -0.25) is 10.1 Å². The maximum Gasteiger partial charge on any atom is 0.220 e. The van der Waals surface area contributed by atoms with Gasteiger partial charge in [0.2, 0.25) is 6.04 Å². The van der Waals surface area contributed by atoms with Crippen molar-refractivity contribution in [1.82, 2.24) is 0 Å². The fourth-order valence-electron chi connectivity index (χ4n) is 1.42. The van der Waals surface area contributed by atoms with Gasteiger partial charge in [0.1, 0.15) is 0 Å². The van der Waals surface area contributed by atoms with Gasteiger partial charge in [0.25, 0.3) is 0 Å². The lowest BCUT2D eigenvalue weighted by atomic mass is 9.93. The van der Waals surface area contributed by atoms with E-state index in [1.165, 1.54) is 0 Å². The van der Waals surface area contributed by atoms with Gasteiger partial charge in [-0.15, -0.1) is 6.58 Å². The molecule has 2 atom stereocenters. The normalized spacial score (nSPS) is 14.4. The first-order valence-corrected chi connectivity index (χ1v) is 4.47. The molecule has 0 heterocycles. The second-order valence-corrected chi connectivity index (χ2v) is 3.20. The highest BCUT2D eigenvalue weighted by Gasteiger charge is 2.24. The van der Waals surface area contributed by atoms with Gasteiger partial charge in [-0.1, -0.05) is 36.4 Å². The van der Waals surface area contributed by atoms with Crippen molar-refractivity contribution in [3.05, 3.63) is 58.7 Å². The third-order valence-electron chi connectivity index (χ3n) is 2.29. The summed E-state index contributed by atoms with van der Waals surface area (Å²) in [5, 5.41) is 10.6. The summed E-state index contributed by atoms with van der Waals surface area (Å²) < 4.78 is 0. The van der Waals surface area contributed by atoms with Gasteiger partial charge in [-0.25, -0.2) is 0 Å². The van der Waals surface area contributed by atoms with E-state index < -0.39 is 6.04 Å². The van der Waals surface area contributed by atoms with Crippen molar-refractivity contribution in [2.45, 2.75) is 18.9 Å². The lowest BCUT2D eigenvalue weighted by molar-refractivity contribution is -0.520. The van der Waals surface area contributed by atoms with Gasteiger partial charge in [0.15, 0.2) is 0 Å². The van der Waals surface area contributed by atoms with Gasteiger partial charge in [0.05, 0.1) is 5.92 Å². The number of rotatable bonds is 4. The van der Waals surface area contributed by atoms with Crippen LogP contribution in [0.5, 0.6) is 0 Å². The summed E-state index contributed by atoms with van der Waals surface area (Å²) in [7, 11) is 0. The van der Waals surface area contributed by atoms with Crippen LogP contribution in [-0.2, 0) is 0 Å². The molecule has 0 aromatic heterocycles. The SMILES string of the molecule is C=C[C@H](c1ccccc1)[C@@H](C)[N+](=O)[O-]. The summed E-state index contributed by atoms with van der Waals surface area (Å²) in [5.74, 6) is -0.216. The van der Waals surface area contributed by atoms with E-state index in [-0.39, 0.29) is 10.8 Å². The van der Waals surface area contributed by atoms with Crippen LogP contribution in [0.2, 0.25) is 0 Å². The van der Waals surface area contributed by atoms with Crippen LogP contribution in [0.15, 0.2) is 43.0 Å². The lowest BCUT2D eigenvalue weighted by Gasteiger charge is -2.13. The molecule has 0 saturated carbocycles. The van der Waals surface area contributed by atoms with E-state index in [2.05, 4.69) is 6.58 Å². The Morgan fingerprint density at radius 1 is 1.43 bits per heavy atom. The summed E-state index contributed by atoms with van der Waals surface area (Å²) >= 11 is 0. The Morgan fingerprint density at radius 2 is 2.00 bits per heavy atom. The van der Waals surface area contributed by atoms with Crippen LogP contribution < -0.4 is 0 Å². The molecule has 0 aliphatic heterocycles. The Bertz CT molecular complexity index is 321. The van der Waals surface area contributed by atoms with Crippen LogP contribution >= 0.6 is 0 Å².